The maximum atomic E-state index is 12.8. The summed E-state index contributed by atoms with van der Waals surface area (Å²) in [4.78, 5) is 26.9. The first-order valence-electron chi connectivity index (χ1n) is 9.42. The topological polar surface area (TPSA) is 57.6 Å². The van der Waals surface area contributed by atoms with Crippen LogP contribution in [-0.4, -0.2) is 39.3 Å². The van der Waals surface area contributed by atoms with Crippen LogP contribution >= 0.6 is 23.8 Å². The molecule has 3 atom stereocenters. The average Bonchev–Trinajstić information content (AvgIpc) is 3.04. The summed E-state index contributed by atoms with van der Waals surface area (Å²) < 4.78 is 0. The van der Waals surface area contributed by atoms with E-state index in [1.165, 1.54) is 4.90 Å². The standard InChI is InChI=1S/C21H28ClNO3S/c1-5-21(3,4)18(24)19(25)23-11-10-14(17(23)20(26)27)12-13(2)15-8-6-7-9-16(15)22/h6-9,13-14,17H,5,10-12H2,1-4H3,(H,26,27)/t13-,14?,17?/m0/s1. The van der Waals surface area contributed by atoms with Gasteiger partial charge in [0.15, 0.2) is 5.05 Å². The molecule has 0 aromatic heterocycles. The quantitative estimate of drug-likeness (QED) is 0.511. The van der Waals surface area contributed by atoms with Crippen LogP contribution in [0.25, 0.3) is 0 Å². The summed E-state index contributed by atoms with van der Waals surface area (Å²) in [5, 5.41) is 10.6. The Morgan fingerprint density at radius 1 is 1.37 bits per heavy atom. The largest absolute Gasteiger partial charge is 0.500 e. The first-order valence-corrected chi connectivity index (χ1v) is 10.2. The zero-order valence-corrected chi connectivity index (χ0v) is 17.9. The van der Waals surface area contributed by atoms with Gasteiger partial charge in [0, 0.05) is 17.0 Å². The van der Waals surface area contributed by atoms with E-state index < -0.39 is 23.1 Å². The van der Waals surface area contributed by atoms with E-state index in [9.17, 15) is 14.7 Å². The molecular weight excluding hydrogens is 382 g/mol. The molecule has 1 fully saturated rings. The van der Waals surface area contributed by atoms with Crippen molar-refractivity contribution < 1.29 is 14.7 Å². The van der Waals surface area contributed by atoms with E-state index in [0.29, 0.717) is 24.4 Å². The molecule has 1 aromatic carbocycles. The fourth-order valence-electron chi connectivity index (χ4n) is 3.70. The molecule has 0 saturated carbocycles. The number of benzene rings is 1. The molecule has 1 heterocycles. The van der Waals surface area contributed by atoms with Gasteiger partial charge in [-0.05, 0) is 54.9 Å². The molecule has 0 spiro atoms. The van der Waals surface area contributed by atoms with Gasteiger partial charge in [0.1, 0.15) is 6.04 Å². The molecule has 27 heavy (non-hydrogen) atoms. The van der Waals surface area contributed by atoms with E-state index in [2.05, 4.69) is 6.92 Å². The van der Waals surface area contributed by atoms with Crippen molar-refractivity contribution in [2.75, 3.05) is 6.54 Å². The molecule has 2 unspecified atom stereocenters. The molecule has 148 valence electrons. The molecule has 0 radical (unpaired) electrons. The number of ketones is 1. The van der Waals surface area contributed by atoms with Crippen LogP contribution in [0.2, 0.25) is 5.02 Å². The Bertz CT molecular complexity index is 734. The lowest BCUT2D eigenvalue weighted by molar-refractivity contribution is -0.149. The molecule has 1 amide bonds. The van der Waals surface area contributed by atoms with E-state index in [-0.39, 0.29) is 16.9 Å². The number of hydrogen-bond acceptors (Lipinski definition) is 3. The summed E-state index contributed by atoms with van der Waals surface area (Å²) in [6.07, 6.45) is 2.00. The fourth-order valence-corrected chi connectivity index (χ4v) is 4.34. The molecule has 1 aromatic rings. The molecular formula is C21H28ClNO3S. The Balaban J connectivity index is 2.19. The number of amides is 1. The number of nitrogens with zero attached hydrogens (tertiary/aromatic N) is 1. The lowest BCUT2D eigenvalue weighted by Crippen LogP contribution is -2.48. The number of thiocarbonyl (C=S) groups is 1. The van der Waals surface area contributed by atoms with Gasteiger partial charge < -0.3 is 10.0 Å². The molecule has 1 saturated heterocycles. The van der Waals surface area contributed by atoms with Crippen molar-refractivity contribution >= 4 is 40.6 Å². The van der Waals surface area contributed by atoms with Gasteiger partial charge >= 0.3 is 0 Å². The maximum absolute atomic E-state index is 12.8. The van der Waals surface area contributed by atoms with Crippen LogP contribution in [0.15, 0.2) is 24.3 Å². The van der Waals surface area contributed by atoms with Crippen LogP contribution in [0.4, 0.5) is 0 Å². The predicted octanol–water partition coefficient (Wildman–Crippen LogP) is 4.94. The van der Waals surface area contributed by atoms with Crippen molar-refractivity contribution in [1.82, 2.24) is 4.90 Å². The van der Waals surface area contributed by atoms with Crippen molar-refractivity contribution in [2.24, 2.45) is 11.3 Å². The monoisotopic (exact) mass is 409 g/mol. The third-order valence-corrected chi connectivity index (χ3v) is 6.41. The SMILES string of the molecule is CCC(C)(C)C(=O)C(=O)N1CCC(C[C@H](C)c2ccccc2Cl)C1C(O)=S. The lowest BCUT2D eigenvalue weighted by Gasteiger charge is -2.30. The summed E-state index contributed by atoms with van der Waals surface area (Å²) in [5.41, 5.74) is 0.316. The third-order valence-electron chi connectivity index (χ3n) is 5.82. The van der Waals surface area contributed by atoms with E-state index in [1.54, 1.807) is 13.8 Å². The van der Waals surface area contributed by atoms with Crippen molar-refractivity contribution in [3.05, 3.63) is 34.9 Å². The Morgan fingerprint density at radius 3 is 2.56 bits per heavy atom. The fraction of sp³-hybridized carbons (Fsp3) is 0.571. The number of Topliss-reactive ketones (excluding diaryl/α,β-unsaturated/α-hetero) is 1. The zero-order chi connectivity index (χ0) is 20.4. The van der Waals surface area contributed by atoms with Crippen molar-refractivity contribution in [1.29, 1.82) is 0 Å². The Morgan fingerprint density at radius 2 is 2.00 bits per heavy atom. The summed E-state index contributed by atoms with van der Waals surface area (Å²) in [6, 6.07) is 7.08. The number of rotatable bonds is 7. The number of likely N-dealkylation sites (tertiary alicyclic amines) is 1. The summed E-state index contributed by atoms with van der Waals surface area (Å²) in [5.74, 6) is -0.823. The van der Waals surface area contributed by atoms with Crippen molar-refractivity contribution in [3.8, 4) is 0 Å². The predicted molar refractivity (Wildman–Crippen MR) is 112 cm³/mol. The van der Waals surface area contributed by atoms with Crippen LogP contribution < -0.4 is 0 Å². The summed E-state index contributed by atoms with van der Waals surface area (Å²) >= 11 is 11.4. The van der Waals surface area contributed by atoms with Gasteiger partial charge in [-0.1, -0.05) is 57.5 Å². The number of carbonyl (C=O) groups excluding carboxylic acids is 2. The first-order chi connectivity index (χ1) is 12.6. The van der Waals surface area contributed by atoms with Crippen molar-refractivity contribution in [2.45, 2.75) is 58.9 Å². The highest BCUT2D eigenvalue weighted by molar-refractivity contribution is 7.80. The van der Waals surface area contributed by atoms with Crippen LogP contribution in [0.5, 0.6) is 0 Å². The van der Waals surface area contributed by atoms with E-state index in [1.807, 2.05) is 31.2 Å². The Labute approximate surface area is 171 Å². The Kier molecular flexibility index (Phi) is 7.03. The molecule has 1 aliphatic heterocycles. The molecule has 6 heteroatoms. The number of halogens is 1. The van der Waals surface area contributed by atoms with Crippen molar-refractivity contribution in [3.63, 3.8) is 0 Å². The smallest absolute Gasteiger partial charge is 0.291 e. The first kappa shape index (κ1) is 21.8. The van der Waals surface area contributed by atoms with Crippen LogP contribution in [0.1, 0.15) is 58.4 Å². The van der Waals surface area contributed by atoms with Gasteiger partial charge in [0.2, 0.25) is 5.78 Å². The second-order valence-corrected chi connectivity index (χ2v) is 8.88. The number of aliphatic hydroxyl groups excluding tert-OH is 1. The van der Waals surface area contributed by atoms with Crippen LogP contribution in [0.3, 0.4) is 0 Å². The van der Waals surface area contributed by atoms with Gasteiger partial charge in [-0.2, -0.15) is 0 Å². The number of hydrogen-bond donors (Lipinski definition) is 1. The zero-order valence-electron chi connectivity index (χ0n) is 16.4. The highest BCUT2D eigenvalue weighted by Crippen LogP contribution is 2.37. The molecule has 0 aliphatic carbocycles. The molecule has 1 N–H and O–H groups in total. The highest BCUT2D eigenvalue weighted by Gasteiger charge is 2.44. The second-order valence-electron chi connectivity index (χ2n) is 8.06. The Hall–Kier alpha value is -1.46. The number of aliphatic hydroxyl groups is 1. The summed E-state index contributed by atoms with van der Waals surface area (Å²) in [6.45, 7) is 7.93. The van der Waals surface area contributed by atoms with Crippen LogP contribution in [-0.2, 0) is 9.59 Å². The normalized spacial score (nSPS) is 21.1. The molecule has 1 aliphatic rings. The minimum atomic E-state index is -0.721. The molecule has 2 rings (SSSR count). The maximum Gasteiger partial charge on any atom is 0.291 e. The molecule has 4 nitrogen and oxygen atoms in total. The number of carbonyl (C=O) groups is 2. The van der Waals surface area contributed by atoms with Crippen LogP contribution in [0, 0.1) is 11.3 Å². The highest BCUT2D eigenvalue weighted by atomic mass is 35.5. The van der Waals surface area contributed by atoms with Gasteiger partial charge in [-0.3, -0.25) is 9.59 Å². The molecule has 0 bridgehead atoms. The second kappa shape index (κ2) is 8.70. The van der Waals surface area contributed by atoms with E-state index >= 15 is 0 Å². The minimum absolute atomic E-state index is 0.00439. The van der Waals surface area contributed by atoms with Gasteiger partial charge in [0.05, 0.1) is 0 Å². The minimum Gasteiger partial charge on any atom is -0.500 e. The van der Waals surface area contributed by atoms with Gasteiger partial charge in [-0.25, -0.2) is 0 Å². The lowest BCUT2D eigenvalue weighted by atomic mass is 9.84. The average molecular weight is 410 g/mol. The summed E-state index contributed by atoms with van der Waals surface area (Å²) in [7, 11) is 0. The van der Waals surface area contributed by atoms with E-state index in [4.69, 9.17) is 23.8 Å². The van der Waals surface area contributed by atoms with Gasteiger partial charge in [0.25, 0.3) is 5.91 Å². The third kappa shape index (κ3) is 4.69. The van der Waals surface area contributed by atoms with Gasteiger partial charge in [-0.15, -0.1) is 0 Å². The van der Waals surface area contributed by atoms with E-state index in [0.717, 1.165) is 12.0 Å².